The molecule has 0 saturated carbocycles. The fourth-order valence-electron chi connectivity index (χ4n) is 1.24. The molecule has 1 aromatic rings. The van der Waals surface area contributed by atoms with Gasteiger partial charge in [-0.05, 0) is 12.5 Å². The van der Waals surface area contributed by atoms with Crippen LogP contribution in [0.1, 0.15) is 12.5 Å². The Hall–Kier alpha value is -1.91. The summed E-state index contributed by atoms with van der Waals surface area (Å²) in [7, 11) is 0. The molecule has 0 spiro atoms. The molecule has 1 N–H and O–H groups in total. The molecule has 0 heterocycles. The summed E-state index contributed by atoms with van der Waals surface area (Å²) in [5.41, 5.74) is 1.23. The van der Waals surface area contributed by atoms with E-state index in [2.05, 4.69) is 5.32 Å². The number of benzene rings is 1. The highest BCUT2D eigenvalue weighted by atomic mass is 19.3. The van der Waals surface area contributed by atoms with E-state index in [0.717, 1.165) is 11.6 Å². The van der Waals surface area contributed by atoms with Gasteiger partial charge >= 0.3 is 5.97 Å². The predicted molar refractivity (Wildman–Crippen MR) is 64.0 cm³/mol. The molecule has 0 aromatic heterocycles. The van der Waals surface area contributed by atoms with E-state index in [1.54, 1.807) is 0 Å². The Balaban J connectivity index is 2.35. The van der Waals surface area contributed by atoms with Gasteiger partial charge in [0.2, 0.25) is 0 Å². The van der Waals surface area contributed by atoms with Gasteiger partial charge in [0.05, 0.1) is 6.54 Å². The highest BCUT2D eigenvalue weighted by Crippen LogP contribution is 2.01. The van der Waals surface area contributed by atoms with E-state index in [1.165, 1.54) is 6.92 Å². The number of esters is 1. The van der Waals surface area contributed by atoms with Crippen molar-refractivity contribution in [3.63, 3.8) is 0 Å². The second-order valence-corrected chi connectivity index (χ2v) is 3.69. The molecule has 0 aliphatic heterocycles. The maximum atomic E-state index is 11.9. The maximum Gasteiger partial charge on any atom is 0.332 e. The smallest absolute Gasteiger partial charge is 0.332 e. The van der Waals surface area contributed by atoms with Crippen molar-refractivity contribution < 1.29 is 18.3 Å². The summed E-state index contributed by atoms with van der Waals surface area (Å²) in [6.07, 6.45) is -1.29. The van der Waals surface area contributed by atoms with Gasteiger partial charge in [0.1, 0.15) is 6.61 Å². The number of hydrogen-bond acceptors (Lipinski definition) is 3. The molecule has 0 atom stereocenters. The molecule has 0 amide bonds. The fraction of sp³-hybridized carbons (Fsp3) is 0.308. The van der Waals surface area contributed by atoms with Gasteiger partial charge in [-0.3, -0.25) is 0 Å². The van der Waals surface area contributed by atoms with Crippen LogP contribution in [0.25, 0.3) is 0 Å². The third kappa shape index (κ3) is 5.98. The molecule has 98 valence electrons. The molecule has 1 aromatic carbocycles. The molecule has 0 aliphatic carbocycles. The van der Waals surface area contributed by atoms with Gasteiger partial charge in [0.15, 0.2) is 0 Å². The van der Waals surface area contributed by atoms with E-state index in [4.69, 9.17) is 4.74 Å². The summed E-state index contributed by atoms with van der Waals surface area (Å²) in [5, 5.41) is 2.42. The number of carbonyl (C=O) groups is 1. The minimum atomic E-state index is -2.45. The Kier molecular flexibility index (Phi) is 5.84. The van der Waals surface area contributed by atoms with Crippen molar-refractivity contribution in [1.29, 1.82) is 0 Å². The summed E-state index contributed by atoms with van der Waals surface area (Å²) < 4.78 is 28.8. The van der Waals surface area contributed by atoms with Crippen LogP contribution in [0.3, 0.4) is 0 Å². The Morgan fingerprint density at radius 1 is 1.39 bits per heavy atom. The van der Waals surface area contributed by atoms with Crippen LogP contribution in [0.5, 0.6) is 0 Å². The van der Waals surface area contributed by atoms with Crippen LogP contribution >= 0.6 is 0 Å². The standard InChI is InChI=1S/C13H15F2NO2/c1-10(16-8-12(14)15)7-13(17)18-9-11-5-3-2-4-6-11/h2-7,12,16H,8-9H2,1H3/b10-7+. The van der Waals surface area contributed by atoms with Crippen molar-refractivity contribution in [3.05, 3.63) is 47.7 Å². The lowest BCUT2D eigenvalue weighted by atomic mass is 10.2. The SMILES string of the molecule is C/C(=C\C(=O)OCc1ccccc1)NCC(F)F. The van der Waals surface area contributed by atoms with E-state index in [9.17, 15) is 13.6 Å². The number of halogens is 2. The number of alkyl halides is 2. The number of carbonyl (C=O) groups excluding carboxylic acids is 1. The monoisotopic (exact) mass is 255 g/mol. The zero-order chi connectivity index (χ0) is 13.4. The number of nitrogens with one attached hydrogen (secondary N) is 1. The molecule has 0 bridgehead atoms. The topological polar surface area (TPSA) is 38.3 Å². The first-order chi connectivity index (χ1) is 8.58. The molecular weight excluding hydrogens is 240 g/mol. The van der Waals surface area contributed by atoms with Crippen molar-refractivity contribution in [1.82, 2.24) is 5.32 Å². The minimum absolute atomic E-state index is 0.165. The van der Waals surface area contributed by atoms with Crippen LogP contribution in [0.15, 0.2) is 42.1 Å². The molecule has 3 nitrogen and oxygen atoms in total. The first-order valence-electron chi connectivity index (χ1n) is 5.49. The average Bonchev–Trinajstić information content (AvgIpc) is 2.35. The molecular formula is C13H15F2NO2. The molecule has 0 fully saturated rings. The highest BCUT2D eigenvalue weighted by molar-refractivity contribution is 5.82. The van der Waals surface area contributed by atoms with Crippen LogP contribution in [-0.2, 0) is 16.1 Å². The largest absolute Gasteiger partial charge is 0.458 e. The van der Waals surface area contributed by atoms with Crippen LogP contribution in [-0.4, -0.2) is 18.9 Å². The van der Waals surface area contributed by atoms with E-state index in [-0.39, 0.29) is 6.61 Å². The third-order valence-electron chi connectivity index (χ3n) is 2.09. The lowest BCUT2D eigenvalue weighted by Gasteiger charge is -2.06. The quantitative estimate of drug-likeness (QED) is 0.627. The zero-order valence-electron chi connectivity index (χ0n) is 10.0. The Labute approximate surface area is 104 Å². The number of allylic oxidation sites excluding steroid dienone is 1. The number of rotatable bonds is 6. The van der Waals surface area contributed by atoms with Gasteiger partial charge < -0.3 is 10.1 Å². The summed E-state index contributed by atoms with van der Waals surface area (Å²) in [6.45, 7) is 1.22. The summed E-state index contributed by atoms with van der Waals surface area (Å²) in [5.74, 6) is -0.557. The first kappa shape index (κ1) is 14.2. The molecule has 1 rings (SSSR count). The lowest BCUT2D eigenvalue weighted by Crippen LogP contribution is -2.20. The predicted octanol–water partition coefficient (Wildman–Crippen LogP) is 2.49. The summed E-state index contributed by atoms with van der Waals surface area (Å²) >= 11 is 0. The minimum Gasteiger partial charge on any atom is -0.458 e. The van der Waals surface area contributed by atoms with Gasteiger partial charge in [0.25, 0.3) is 6.43 Å². The molecule has 18 heavy (non-hydrogen) atoms. The average molecular weight is 255 g/mol. The number of ether oxygens (including phenoxy) is 1. The van der Waals surface area contributed by atoms with Gasteiger partial charge in [-0.2, -0.15) is 0 Å². The summed E-state index contributed by atoms with van der Waals surface area (Å²) in [4.78, 5) is 11.3. The van der Waals surface area contributed by atoms with Gasteiger partial charge in [-0.25, -0.2) is 13.6 Å². The first-order valence-corrected chi connectivity index (χ1v) is 5.49. The summed E-state index contributed by atoms with van der Waals surface area (Å²) in [6, 6.07) is 9.21. The van der Waals surface area contributed by atoms with Crippen LogP contribution in [0.2, 0.25) is 0 Å². The van der Waals surface area contributed by atoms with E-state index >= 15 is 0 Å². The number of hydrogen-bond donors (Lipinski definition) is 1. The van der Waals surface area contributed by atoms with Gasteiger partial charge in [-0.15, -0.1) is 0 Å². The normalized spacial score (nSPS) is 11.4. The van der Waals surface area contributed by atoms with E-state index in [1.807, 2.05) is 30.3 Å². The molecule has 0 saturated heterocycles. The van der Waals surface area contributed by atoms with E-state index < -0.39 is 18.9 Å². The molecule has 0 unspecified atom stereocenters. The van der Waals surface area contributed by atoms with E-state index in [0.29, 0.717) is 5.70 Å². The highest BCUT2D eigenvalue weighted by Gasteiger charge is 2.03. The Morgan fingerprint density at radius 2 is 2.06 bits per heavy atom. The van der Waals surface area contributed by atoms with Crippen molar-refractivity contribution >= 4 is 5.97 Å². The third-order valence-corrected chi connectivity index (χ3v) is 2.09. The van der Waals surface area contributed by atoms with Gasteiger partial charge in [-0.1, -0.05) is 30.3 Å². The zero-order valence-corrected chi connectivity index (χ0v) is 10.0. The van der Waals surface area contributed by atoms with Crippen LogP contribution in [0.4, 0.5) is 8.78 Å². The molecule has 0 radical (unpaired) electrons. The van der Waals surface area contributed by atoms with Crippen LogP contribution < -0.4 is 5.32 Å². The van der Waals surface area contributed by atoms with Crippen molar-refractivity contribution in [2.24, 2.45) is 0 Å². The van der Waals surface area contributed by atoms with Gasteiger partial charge in [0, 0.05) is 11.8 Å². The maximum absolute atomic E-state index is 11.9. The Bertz CT molecular complexity index is 405. The van der Waals surface area contributed by atoms with Crippen molar-refractivity contribution in [2.75, 3.05) is 6.54 Å². The van der Waals surface area contributed by atoms with Crippen molar-refractivity contribution in [3.8, 4) is 0 Å². The Morgan fingerprint density at radius 3 is 2.67 bits per heavy atom. The molecule has 0 aliphatic rings. The van der Waals surface area contributed by atoms with Crippen molar-refractivity contribution in [2.45, 2.75) is 20.0 Å². The lowest BCUT2D eigenvalue weighted by molar-refractivity contribution is -0.139. The van der Waals surface area contributed by atoms with Crippen LogP contribution in [0, 0.1) is 0 Å². The second kappa shape index (κ2) is 7.42. The fourth-order valence-corrected chi connectivity index (χ4v) is 1.24. The molecule has 5 heteroatoms. The second-order valence-electron chi connectivity index (χ2n) is 3.69.